The Morgan fingerprint density at radius 1 is 0.475 bits per heavy atom. The van der Waals surface area contributed by atoms with E-state index in [-0.39, 0.29) is 19.4 Å². The number of carbonyl (C=O) groups is 2. The van der Waals surface area contributed by atoms with Gasteiger partial charge in [0.25, 0.3) is 0 Å². The maximum Gasteiger partial charge on any atom is 0.472 e. The van der Waals surface area contributed by atoms with Gasteiger partial charge < -0.3 is 24.6 Å². The Hall–Kier alpha value is -1.81. The van der Waals surface area contributed by atoms with Crippen LogP contribution in [0.2, 0.25) is 0 Å². The largest absolute Gasteiger partial charge is 0.472 e. The van der Waals surface area contributed by atoms with Crippen LogP contribution in [-0.2, 0) is 32.7 Å². The van der Waals surface area contributed by atoms with Crippen LogP contribution >= 0.6 is 7.82 Å². The fourth-order valence-electron chi connectivity index (χ4n) is 6.89. The number of phosphoric acid groups is 1. The van der Waals surface area contributed by atoms with Gasteiger partial charge in [-0.1, -0.05) is 185 Å². The van der Waals surface area contributed by atoms with Crippen molar-refractivity contribution in [3.63, 3.8) is 0 Å². The molecule has 0 saturated heterocycles. The lowest BCUT2D eigenvalue weighted by atomic mass is 10.0. The number of rotatable bonds is 47. The molecular weight excluding hydrogens is 792 g/mol. The van der Waals surface area contributed by atoms with Gasteiger partial charge in [0.05, 0.1) is 19.8 Å². The van der Waals surface area contributed by atoms with E-state index in [2.05, 4.69) is 50.3 Å². The molecule has 0 saturated carbocycles. The van der Waals surface area contributed by atoms with Crippen LogP contribution in [0.4, 0.5) is 0 Å². The summed E-state index contributed by atoms with van der Waals surface area (Å²) in [5.41, 5.74) is 0. The van der Waals surface area contributed by atoms with E-state index in [1.165, 1.54) is 148 Å². The molecule has 3 N–H and O–H groups in total. The molecule has 0 bridgehead atoms. The number of hydrogen-bond acceptors (Lipinski definition) is 9. The molecule has 0 aliphatic carbocycles. The van der Waals surface area contributed by atoms with Crippen LogP contribution in [0.25, 0.3) is 0 Å². The van der Waals surface area contributed by atoms with Crippen LogP contribution in [0.3, 0.4) is 0 Å². The van der Waals surface area contributed by atoms with Crippen molar-refractivity contribution in [3.8, 4) is 0 Å². The van der Waals surface area contributed by atoms with E-state index in [4.69, 9.17) is 23.6 Å². The Balaban J connectivity index is 4.23. The first-order valence-electron chi connectivity index (χ1n) is 24.9. The molecule has 0 fully saturated rings. The van der Waals surface area contributed by atoms with Crippen molar-refractivity contribution in [1.82, 2.24) is 0 Å². The van der Waals surface area contributed by atoms with Crippen LogP contribution in [0, 0.1) is 0 Å². The zero-order valence-corrected chi connectivity index (χ0v) is 40.0. The first-order valence-corrected chi connectivity index (χ1v) is 26.4. The summed E-state index contributed by atoms with van der Waals surface area (Å²) < 4.78 is 32.7. The van der Waals surface area contributed by atoms with E-state index in [1.807, 2.05) is 0 Å². The lowest BCUT2D eigenvalue weighted by molar-refractivity contribution is -0.161. The summed E-state index contributed by atoms with van der Waals surface area (Å²) in [6.07, 6.45) is 49.9. The quantitative estimate of drug-likeness (QED) is 0.0233. The highest BCUT2D eigenvalue weighted by molar-refractivity contribution is 7.47. The van der Waals surface area contributed by atoms with E-state index < -0.39 is 51.8 Å². The number of phosphoric ester groups is 1. The second-order valence-electron chi connectivity index (χ2n) is 16.8. The first-order chi connectivity index (χ1) is 29.7. The van der Waals surface area contributed by atoms with E-state index in [9.17, 15) is 24.2 Å². The highest BCUT2D eigenvalue weighted by Gasteiger charge is 2.27. The Bertz CT molecular complexity index is 1110. The minimum absolute atomic E-state index is 0.147. The van der Waals surface area contributed by atoms with Gasteiger partial charge in [-0.05, 0) is 70.6 Å². The molecule has 358 valence electrons. The third-order valence-electron chi connectivity index (χ3n) is 10.7. The topological polar surface area (TPSA) is 149 Å². The lowest BCUT2D eigenvalue weighted by Gasteiger charge is -2.20. The fraction of sp³-hybridized carbons (Fsp3) is 0.840. The summed E-state index contributed by atoms with van der Waals surface area (Å²) in [6.45, 7) is 2.35. The highest BCUT2D eigenvalue weighted by Crippen LogP contribution is 2.43. The number of unbranched alkanes of at least 4 members (excludes halogenated alkanes) is 27. The van der Waals surface area contributed by atoms with Gasteiger partial charge >= 0.3 is 19.8 Å². The molecule has 0 aromatic heterocycles. The van der Waals surface area contributed by atoms with Gasteiger partial charge in [0.2, 0.25) is 0 Å². The molecule has 0 aromatic rings. The number of esters is 2. The van der Waals surface area contributed by atoms with Crippen molar-refractivity contribution in [2.75, 3.05) is 26.4 Å². The molecule has 1 unspecified atom stereocenters. The van der Waals surface area contributed by atoms with Gasteiger partial charge in [-0.2, -0.15) is 0 Å². The summed E-state index contributed by atoms with van der Waals surface area (Å²) in [5, 5.41) is 18.4. The normalized spacial score (nSPS) is 14.0. The van der Waals surface area contributed by atoms with E-state index in [0.29, 0.717) is 12.8 Å². The monoisotopic (exact) mass is 885 g/mol. The molecular formula is C50H93O10P. The Kier molecular flexibility index (Phi) is 44.8. The molecule has 0 spiro atoms. The summed E-state index contributed by atoms with van der Waals surface area (Å²) >= 11 is 0. The molecule has 10 nitrogen and oxygen atoms in total. The maximum absolute atomic E-state index is 12.6. The van der Waals surface area contributed by atoms with Gasteiger partial charge in [0.1, 0.15) is 12.7 Å². The SMILES string of the molecule is CCCCCCCCCCC/C=C/CCCCC(=O)O[C@@H](COC(=O)CCC/C=C/CC/C=C/CCCCCCCCCCCCCCCC)COP(=O)(O)OC[C@H](O)CO. The van der Waals surface area contributed by atoms with E-state index in [0.717, 1.165) is 44.9 Å². The number of aliphatic hydroxyl groups is 2. The maximum atomic E-state index is 12.6. The second kappa shape index (κ2) is 46.2. The highest BCUT2D eigenvalue weighted by atomic mass is 31.2. The number of ether oxygens (including phenoxy) is 2. The third kappa shape index (κ3) is 46.0. The van der Waals surface area contributed by atoms with Crippen molar-refractivity contribution in [3.05, 3.63) is 36.5 Å². The van der Waals surface area contributed by atoms with Crippen molar-refractivity contribution in [1.29, 1.82) is 0 Å². The number of allylic oxidation sites excluding steroid dienone is 6. The van der Waals surface area contributed by atoms with Crippen LogP contribution in [0.5, 0.6) is 0 Å². The summed E-state index contributed by atoms with van der Waals surface area (Å²) in [7, 11) is -4.63. The minimum Gasteiger partial charge on any atom is -0.462 e. The molecule has 3 atom stereocenters. The molecule has 0 rings (SSSR count). The number of aliphatic hydroxyl groups excluding tert-OH is 2. The lowest BCUT2D eigenvalue weighted by Crippen LogP contribution is -2.29. The Labute approximate surface area is 373 Å². The Morgan fingerprint density at radius 3 is 1.28 bits per heavy atom. The molecule has 0 amide bonds. The van der Waals surface area contributed by atoms with Gasteiger partial charge in [-0.25, -0.2) is 4.57 Å². The molecule has 0 aromatic carbocycles. The van der Waals surface area contributed by atoms with E-state index in [1.54, 1.807) is 0 Å². The van der Waals surface area contributed by atoms with Crippen LogP contribution in [0.1, 0.15) is 232 Å². The van der Waals surface area contributed by atoms with Gasteiger partial charge in [0, 0.05) is 12.8 Å². The van der Waals surface area contributed by atoms with Crippen molar-refractivity contribution < 1.29 is 47.8 Å². The first kappa shape index (κ1) is 59.2. The molecule has 0 aliphatic rings. The smallest absolute Gasteiger partial charge is 0.462 e. The Morgan fingerprint density at radius 2 is 0.836 bits per heavy atom. The minimum atomic E-state index is -4.63. The van der Waals surface area contributed by atoms with Crippen molar-refractivity contribution >= 4 is 19.8 Å². The second-order valence-corrected chi connectivity index (χ2v) is 18.3. The van der Waals surface area contributed by atoms with Crippen LogP contribution < -0.4 is 0 Å². The van der Waals surface area contributed by atoms with Gasteiger partial charge in [0.15, 0.2) is 6.10 Å². The summed E-state index contributed by atoms with van der Waals surface area (Å²) in [5.74, 6) is -0.993. The molecule has 11 heteroatoms. The van der Waals surface area contributed by atoms with E-state index >= 15 is 0 Å². The molecule has 0 aliphatic heterocycles. The van der Waals surface area contributed by atoms with Gasteiger partial charge in [-0.15, -0.1) is 0 Å². The number of carbonyl (C=O) groups excluding carboxylic acids is 2. The summed E-state index contributed by atoms with van der Waals surface area (Å²) in [6, 6.07) is 0. The predicted octanol–water partition coefficient (Wildman–Crippen LogP) is 13.9. The molecule has 0 heterocycles. The van der Waals surface area contributed by atoms with Crippen molar-refractivity contribution in [2.24, 2.45) is 0 Å². The van der Waals surface area contributed by atoms with Crippen LogP contribution in [0.15, 0.2) is 36.5 Å². The molecule has 0 radical (unpaired) electrons. The predicted molar refractivity (Wildman–Crippen MR) is 251 cm³/mol. The fourth-order valence-corrected chi connectivity index (χ4v) is 7.68. The van der Waals surface area contributed by atoms with Crippen LogP contribution in [-0.4, -0.2) is 65.7 Å². The zero-order chi connectivity index (χ0) is 44.8. The number of hydrogen-bond donors (Lipinski definition) is 3. The van der Waals surface area contributed by atoms with Crippen molar-refractivity contribution in [2.45, 2.75) is 244 Å². The average molecular weight is 885 g/mol. The zero-order valence-electron chi connectivity index (χ0n) is 39.1. The third-order valence-corrected chi connectivity index (χ3v) is 11.7. The summed E-state index contributed by atoms with van der Waals surface area (Å²) in [4.78, 5) is 35.1. The molecule has 61 heavy (non-hydrogen) atoms. The average Bonchev–Trinajstić information content (AvgIpc) is 3.25. The van der Waals surface area contributed by atoms with Gasteiger partial charge in [-0.3, -0.25) is 18.6 Å². The standard InChI is InChI=1S/C50H93O10P/c1-3-5-7-9-11-13-15-17-19-20-21-22-23-24-25-26-28-29-31-33-35-37-39-41-49(53)57-45-48(46-59-61(55,56)58-44-47(52)43-51)60-50(54)42-40-38-36-34-32-30-27-18-16-14-12-10-8-6-4-2/h26,28,32-35,47-48,51-52H,3-25,27,29-31,36-46H2,1-2H3,(H,55,56)/b28-26+,34-32+,35-33+/t47-,48+/m1/s1.